The van der Waals surface area contributed by atoms with Crippen LogP contribution in [0.5, 0.6) is 5.75 Å². The fraction of sp³-hybridized carbons (Fsp3) is 0.400. The van der Waals surface area contributed by atoms with Crippen molar-refractivity contribution in [1.29, 1.82) is 0 Å². The number of fused-ring (bicyclic) bond motifs is 1. The number of nitrogens with zero attached hydrogens (tertiary/aromatic N) is 2. The molecule has 0 saturated heterocycles. The van der Waals surface area contributed by atoms with E-state index in [1.165, 1.54) is 16.0 Å². The number of thiophene rings is 1. The number of hydrogen-bond acceptors (Lipinski definition) is 5. The van der Waals surface area contributed by atoms with Crippen LogP contribution in [0.4, 0.5) is 5.82 Å². The Hall–Kier alpha value is -2.14. The molecule has 0 bridgehead atoms. The van der Waals surface area contributed by atoms with Crippen LogP contribution in [-0.4, -0.2) is 22.6 Å². The average Bonchev–Trinajstić information content (AvgIpc) is 2.91. The molecule has 0 aliphatic heterocycles. The Morgan fingerprint density at radius 2 is 1.84 bits per heavy atom. The molecule has 4 nitrogen and oxygen atoms in total. The molecule has 1 N–H and O–H groups in total. The maximum absolute atomic E-state index is 5.57. The van der Waals surface area contributed by atoms with Crippen molar-refractivity contribution in [3.63, 3.8) is 0 Å². The molecule has 2 aromatic heterocycles. The fourth-order valence-electron chi connectivity index (χ4n) is 2.89. The first-order valence-corrected chi connectivity index (χ1v) is 9.62. The molecule has 0 spiro atoms. The number of aromatic nitrogens is 2. The third-order valence-electron chi connectivity index (χ3n) is 4.29. The molecule has 3 rings (SSSR count). The van der Waals surface area contributed by atoms with E-state index in [9.17, 15) is 0 Å². The largest absolute Gasteiger partial charge is 0.494 e. The summed E-state index contributed by atoms with van der Waals surface area (Å²) in [6, 6.07) is 8.65. The van der Waals surface area contributed by atoms with Gasteiger partial charge in [0.1, 0.15) is 22.2 Å². The number of anilines is 1. The second-order valence-electron chi connectivity index (χ2n) is 6.24. The Morgan fingerprint density at radius 3 is 2.48 bits per heavy atom. The highest BCUT2D eigenvalue weighted by Gasteiger charge is 2.18. The second kappa shape index (κ2) is 7.40. The summed E-state index contributed by atoms with van der Waals surface area (Å²) in [4.78, 5) is 11.7. The van der Waals surface area contributed by atoms with Crippen LogP contribution in [-0.2, 0) is 0 Å². The second-order valence-corrected chi connectivity index (χ2v) is 7.45. The van der Waals surface area contributed by atoms with Gasteiger partial charge in [-0.3, -0.25) is 0 Å². The monoisotopic (exact) mass is 355 g/mol. The van der Waals surface area contributed by atoms with Crippen LogP contribution in [0, 0.1) is 13.8 Å². The van der Waals surface area contributed by atoms with Crippen LogP contribution < -0.4 is 10.1 Å². The fourth-order valence-corrected chi connectivity index (χ4v) is 3.98. The van der Waals surface area contributed by atoms with Gasteiger partial charge < -0.3 is 10.1 Å². The van der Waals surface area contributed by atoms with E-state index in [1.54, 1.807) is 11.3 Å². The molecule has 1 unspecified atom stereocenters. The Bertz CT molecular complexity index is 871. The van der Waals surface area contributed by atoms with Gasteiger partial charge in [0.05, 0.1) is 12.0 Å². The smallest absolute Gasteiger partial charge is 0.139 e. The van der Waals surface area contributed by atoms with E-state index < -0.39 is 0 Å². The standard InChI is InChI=1S/C20H25N3OS/c1-6-12(3)21-19-18-17(13(4)25-20(18)23-14(5)22-19)15-8-10-16(11-9-15)24-7-2/h8-12H,6-7H2,1-5H3,(H,21,22,23). The van der Waals surface area contributed by atoms with Gasteiger partial charge in [0.15, 0.2) is 0 Å². The Kier molecular flexibility index (Phi) is 5.23. The molecule has 132 valence electrons. The zero-order valence-electron chi connectivity index (χ0n) is 15.5. The SMILES string of the molecule is CCOc1ccc(-c2c(C)sc3nc(C)nc(NC(C)CC)c23)cc1. The van der Waals surface area contributed by atoms with Crippen LogP contribution in [0.1, 0.15) is 37.9 Å². The number of rotatable bonds is 6. The number of nitrogens with one attached hydrogen (secondary N) is 1. The summed E-state index contributed by atoms with van der Waals surface area (Å²) in [6.07, 6.45) is 1.05. The van der Waals surface area contributed by atoms with Crippen molar-refractivity contribution in [1.82, 2.24) is 9.97 Å². The highest BCUT2D eigenvalue weighted by atomic mass is 32.1. The summed E-state index contributed by atoms with van der Waals surface area (Å²) in [5, 5.41) is 4.68. The minimum atomic E-state index is 0.367. The molecule has 0 aliphatic carbocycles. The molecule has 0 aliphatic rings. The normalized spacial score (nSPS) is 12.4. The number of benzene rings is 1. The van der Waals surface area contributed by atoms with Crippen LogP contribution in [0.15, 0.2) is 24.3 Å². The molecule has 1 aromatic carbocycles. The van der Waals surface area contributed by atoms with Crippen molar-refractivity contribution in [3.05, 3.63) is 35.0 Å². The van der Waals surface area contributed by atoms with Crippen molar-refractivity contribution in [2.45, 2.75) is 47.1 Å². The molecule has 25 heavy (non-hydrogen) atoms. The van der Waals surface area contributed by atoms with Gasteiger partial charge in [-0.2, -0.15) is 0 Å². The lowest BCUT2D eigenvalue weighted by Gasteiger charge is -2.14. The summed E-state index contributed by atoms with van der Waals surface area (Å²) in [7, 11) is 0. The molecule has 0 fully saturated rings. The molecular weight excluding hydrogens is 330 g/mol. The van der Waals surface area contributed by atoms with Crippen molar-refractivity contribution < 1.29 is 4.74 Å². The van der Waals surface area contributed by atoms with E-state index in [0.29, 0.717) is 12.6 Å². The van der Waals surface area contributed by atoms with E-state index in [2.05, 4.69) is 43.2 Å². The van der Waals surface area contributed by atoms with Gasteiger partial charge in [0.2, 0.25) is 0 Å². The molecule has 0 radical (unpaired) electrons. The lowest BCUT2D eigenvalue weighted by Crippen LogP contribution is -2.15. The lowest BCUT2D eigenvalue weighted by atomic mass is 10.0. The molecule has 0 saturated carbocycles. The third-order valence-corrected chi connectivity index (χ3v) is 5.29. The Labute approximate surface area is 153 Å². The van der Waals surface area contributed by atoms with Crippen LogP contribution in [0.25, 0.3) is 21.3 Å². The lowest BCUT2D eigenvalue weighted by molar-refractivity contribution is 0.340. The molecule has 5 heteroatoms. The van der Waals surface area contributed by atoms with Crippen molar-refractivity contribution in [2.75, 3.05) is 11.9 Å². The van der Waals surface area contributed by atoms with Gasteiger partial charge in [0.25, 0.3) is 0 Å². The third kappa shape index (κ3) is 3.61. The predicted octanol–water partition coefficient (Wildman–Crippen LogP) is 5.58. The molecule has 0 amide bonds. The molecule has 3 aromatic rings. The van der Waals surface area contributed by atoms with E-state index in [0.717, 1.165) is 34.0 Å². The van der Waals surface area contributed by atoms with Gasteiger partial charge in [-0.25, -0.2) is 9.97 Å². The van der Waals surface area contributed by atoms with Crippen LogP contribution in [0.3, 0.4) is 0 Å². The Morgan fingerprint density at radius 1 is 1.12 bits per heavy atom. The van der Waals surface area contributed by atoms with E-state index in [4.69, 9.17) is 9.72 Å². The topological polar surface area (TPSA) is 47.0 Å². The number of ether oxygens (including phenoxy) is 1. The molecular formula is C20H25N3OS. The van der Waals surface area contributed by atoms with Gasteiger partial charge in [-0.05, 0) is 51.8 Å². The first kappa shape index (κ1) is 17.7. The molecule has 2 heterocycles. The summed E-state index contributed by atoms with van der Waals surface area (Å²) in [5.74, 6) is 2.64. The van der Waals surface area contributed by atoms with E-state index in [1.807, 2.05) is 26.0 Å². The maximum atomic E-state index is 5.57. The maximum Gasteiger partial charge on any atom is 0.139 e. The van der Waals surface area contributed by atoms with Gasteiger partial charge >= 0.3 is 0 Å². The number of hydrogen-bond donors (Lipinski definition) is 1. The quantitative estimate of drug-likeness (QED) is 0.626. The number of aryl methyl sites for hydroxylation is 2. The van der Waals surface area contributed by atoms with E-state index >= 15 is 0 Å². The zero-order valence-corrected chi connectivity index (χ0v) is 16.3. The first-order chi connectivity index (χ1) is 12.0. The van der Waals surface area contributed by atoms with Crippen LogP contribution >= 0.6 is 11.3 Å². The zero-order chi connectivity index (χ0) is 18.0. The first-order valence-electron chi connectivity index (χ1n) is 8.81. The van der Waals surface area contributed by atoms with Gasteiger partial charge in [0, 0.05) is 16.5 Å². The van der Waals surface area contributed by atoms with Gasteiger partial charge in [-0.1, -0.05) is 19.1 Å². The van der Waals surface area contributed by atoms with Crippen molar-refractivity contribution in [2.24, 2.45) is 0 Å². The van der Waals surface area contributed by atoms with Crippen LogP contribution in [0.2, 0.25) is 0 Å². The highest BCUT2D eigenvalue weighted by molar-refractivity contribution is 7.19. The summed E-state index contributed by atoms with van der Waals surface area (Å²) < 4.78 is 5.57. The van der Waals surface area contributed by atoms with Crippen molar-refractivity contribution in [3.8, 4) is 16.9 Å². The summed E-state index contributed by atoms with van der Waals surface area (Å²) >= 11 is 1.73. The Balaban J connectivity index is 2.15. The minimum Gasteiger partial charge on any atom is -0.494 e. The summed E-state index contributed by atoms with van der Waals surface area (Å²) in [5.41, 5.74) is 2.39. The predicted molar refractivity (Wildman–Crippen MR) is 107 cm³/mol. The van der Waals surface area contributed by atoms with E-state index in [-0.39, 0.29) is 0 Å². The minimum absolute atomic E-state index is 0.367. The van der Waals surface area contributed by atoms with Crippen molar-refractivity contribution >= 4 is 27.4 Å². The average molecular weight is 356 g/mol. The highest BCUT2D eigenvalue weighted by Crippen LogP contribution is 2.41. The molecule has 1 atom stereocenters. The summed E-state index contributed by atoms with van der Waals surface area (Å²) in [6.45, 7) is 11.1. The van der Waals surface area contributed by atoms with Gasteiger partial charge in [-0.15, -0.1) is 11.3 Å².